The molecule has 8 heteroatoms. The second kappa shape index (κ2) is 7.93. The van der Waals surface area contributed by atoms with Crippen molar-refractivity contribution in [3.63, 3.8) is 0 Å². The molecule has 0 aromatic rings. The first-order valence-corrected chi connectivity index (χ1v) is 11.6. The molecule has 0 radical (unpaired) electrons. The van der Waals surface area contributed by atoms with Crippen LogP contribution in [-0.4, -0.2) is 85.2 Å². The number of nitrogens with one attached hydrogen (secondary N) is 4. The fourth-order valence-corrected chi connectivity index (χ4v) is 6.91. The second-order valence-electron chi connectivity index (χ2n) is 9.99. The summed E-state index contributed by atoms with van der Waals surface area (Å²) in [6.45, 7) is 5.00. The van der Waals surface area contributed by atoms with E-state index in [0.29, 0.717) is 23.9 Å². The summed E-state index contributed by atoms with van der Waals surface area (Å²) in [5.74, 6) is 1.37. The summed E-state index contributed by atoms with van der Waals surface area (Å²) in [5, 5.41) is 18.3. The van der Waals surface area contributed by atoms with Gasteiger partial charge in [0.05, 0.1) is 24.5 Å². The summed E-state index contributed by atoms with van der Waals surface area (Å²) in [5.41, 5.74) is 7.29. The minimum absolute atomic E-state index is 0.0889. The van der Waals surface area contributed by atoms with Gasteiger partial charge < -0.3 is 20.1 Å². The van der Waals surface area contributed by atoms with Gasteiger partial charge in [0.2, 0.25) is 0 Å². The maximum atomic E-state index is 10.7. The summed E-state index contributed by atoms with van der Waals surface area (Å²) in [7, 11) is 2.16. The van der Waals surface area contributed by atoms with E-state index in [1.165, 1.54) is 0 Å². The highest BCUT2D eigenvalue weighted by Crippen LogP contribution is 2.39. The standard InChI is InChI=1S/C20H36ClN5O2/c1-26-10-20(11-26)7-13(9-28-20)23-19-16-8-22-5-4-14(16)18(24-25-19)15-3-2-12(21)6-17(15)27/h12-19,22-25,27H,2-11H2,1H3/t12?,13-,14?,15?,16?,17?,18?,19?/m0/s1. The highest BCUT2D eigenvalue weighted by Gasteiger charge is 2.50. The summed E-state index contributed by atoms with van der Waals surface area (Å²) in [6.07, 6.45) is 4.93. The molecule has 5 aliphatic rings. The molecular weight excluding hydrogens is 378 g/mol. The topological polar surface area (TPSA) is 80.8 Å². The van der Waals surface area contributed by atoms with E-state index < -0.39 is 0 Å². The minimum atomic E-state index is -0.297. The van der Waals surface area contributed by atoms with Crippen LogP contribution in [0.25, 0.3) is 0 Å². The Hall–Kier alpha value is 0.01000. The van der Waals surface area contributed by atoms with Crippen molar-refractivity contribution >= 4 is 11.6 Å². The molecule has 1 aliphatic carbocycles. The lowest BCUT2D eigenvalue weighted by Gasteiger charge is -2.51. The van der Waals surface area contributed by atoms with Gasteiger partial charge in [-0.25, -0.2) is 5.43 Å². The average molecular weight is 414 g/mol. The number of likely N-dealkylation sites (N-methyl/N-ethyl adjacent to an activating group) is 1. The van der Waals surface area contributed by atoms with Crippen molar-refractivity contribution in [1.82, 2.24) is 26.4 Å². The molecule has 0 aromatic carbocycles. The summed E-state index contributed by atoms with van der Waals surface area (Å²) in [6, 6.07) is 0.722. The monoisotopic (exact) mass is 413 g/mol. The summed E-state index contributed by atoms with van der Waals surface area (Å²) >= 11 is 6.29. The Bertz CT molecular complexity index is 563. The Morgan fingerprint density at radius 1 is 1.14 bits per heavy atom. The van der Waals surface area contributed by atoms with Gasteiger partial charge >= 0.3 is 0 Å². The number of likely N-dealkylation sites (tertiary alicyclic amines) is 1. The predicted octanol–water partition coefficient (Wildman–Crippen LogP) is -0.154. The van der Waals surface area contributed by atoms with Crippen LogP contribution >= 0.6 is 11.6 Å². The Morgan fingerprint density at radius 2 is 2.00 bits per heavy atom. The molecule has 5 N–H and O–H groups in total. The first-order chi connectivity index (χ1) is 13.5. The van der Waals surface area contributed by atoms with E-state index in [1.807, 2.05) is 0 Å². The molecule has 4 heterocycles. The molecule has 0 aromatic heterocycles. The summed E-state index contributed by atoms with van der Waals surface area (Å²) in [4.78, 5) is 2.33. The number of ether oxygens (including phenoxy) is 1. The van der Waals surface area contributed by atoms with E-state index in [-0.39, 0.29) is 29.2 Å². The van der Waals surface area contributed by atoms with Gasteiger partial charge in [0.25, 0.3) is 0 Å². The van der Waals surface area contributed by atoms with Crippen LogP contribution in [0.3, 0.4) is 0 Å². The number of hydrogen-bond acceptors (Lipinski definition) is 7. The number of halogens is 1. The lowest BCUT2D eigenvalue weighted by molar-refractivity contribution is -0.100. The smallest absolute Gasteiger partial charge is 0.0951 e. The molecule has 7 nitrogen and oxygen atoms in total. The Morgan fingerprint density at radius 3 is 2.79 bits per heavy atom. The molecule has 4 aliphatic heterocycles. The summed E-state index contributed by atoms with van der Waals surface area (Å²) < 4.78 is 6.16. The lowest BCUT2D eigenvalue weighted by atomic mass is 9.69. The van der Waals surface area contributed by atoms with Gasteiger partial charge in [0, 0.05) is 48.9 Å². The first kappa shape index (κ1) is 19.9. The Labute approximate surface area is 173 Å². The third kappa shape index (κ3) is 3.73. The maximum absolute atomic E-state index is 10.7. The molecule has 8 atom stereocenters. The molecular formula is C20H36ClN5O2. The van der Waals surface area contributed by atoms with Gasteiger partial charge in [0.1, 0.15) is 0 Å². The van der Waals surface area contributed by atoms with Gasteiger partial charge in [-0.2, -0.15) is 0 Å². The average Bonchev–Trinajstić information content (AvgIpc) is 3.06. The van der Waals surface area contributed by atoms with Crippen LogP contribution in [0, 0.1) is 17.8 Å². The van der Waals surface area contributed by atoms with Gasteiger partial charge in [-0.05, 0) is 51.6 Å². The highest BCUT2D eigenvalue weighted by atomic mass is 35.5. The van der Waals surface area contributed by atoms with E-state index in [4.69, 9.17) is 16.3 Å². The number of piperidine rings is 1. The van der Waals surface area contributed by atoms with Crippen LogP contribution in [-0.2, 0) is 4.74 Å². The maximum Gasteiger partial charge on any atom is 0.0951 e. The minimum Gasteiger partial charge on any atom is -0.393 e. The van der Waals surface area contributed by atoms with Crippen molar-refractivity contribution in [3.05, 3.63) is 0 Å². The molecule has 0 bridgehead atoms. The molecule has 7 unspecified atom stereocenters. The molecule has 1 saturated carbocycles. The number of hydrogen-bond donors (Lipinski definition) is 5. The van der Waals surface area contributed by atoms with E-state index in [0.717, 1.165) is 64.9 Å². The van der Waals surface area contributed by atoms with Crippen LogP contribution in [0.15, 0.2) is 0 Å². The van der Waals surface area contributed by atoms with E-state index >= 15 is 0 Å². The largest absolute Gasteiger partial charge is 0.393 e. The number of nitrogens with zero attached hydrogens (tertiary/aromatic N) is 1. The third-order valence-electron chi connectivity index (χ3n) is 7.89. The lowest BCUT2D eigenvalue weighted by Crippen LogP contribution is -2.71. The van der Waals surface area contributed by atoms with Crippen LogP contribution in [0.5, 0.6) is 0 Å². The fraction of sp³-hybridized carbons (Fsp3) is 1.00. The highest BCUT2D eigenvalue weighted by molar-refractivity contribution is 6.20. The quantitative estimate of drug-likeness (QED) is 0.411. The van der Waals surface area contributed by atoms with Gasteiger partial charge in [-0.1, -0.05) is 0 Å². The molecule has 4 saturated heterocycles. The van der Waals surface area contributed by atoms with Gasteiger partial charge in [-0.15, -0.1) is 11.6 Å². The second-order valence-corrected chi connectivity index (χ2v) is 10.6. The van der Waals surface area contributed by atoms with Crippen molar-refractivity contribution in [1.29, 1.82) is 0 Å². The molecule has 1 spiro atoms. The molecule has 5 rings (SSSR count). The molecule has 5 fully saturated rings. The zero-order valence-corrected chi connectivity index (χ0v) is 17.6. The number of aliphatic hydroxyl groups excluding tert-OH is 1. The van der Waals surface area contributed by atoms with Crippen LogP contribution in [0.1, 0.15) is 32.1 Å². The SMILES string of the molecule is CN1CC2(C[C@H](NC3NNC(C4CCC(Cl)CC4O)C4CCNCC34)CO2)C1. The van der Waals surface area contributed by atoms with Gasteiger partial charge in [0.15, 0.2) is 0 Å². The van der Waals surface area contributed by atoms with E-state index in [1.54, 1.807) is 0 Å². The fourth-order valence-electron chi connectivity index (χ4n) is 6.61. The Kier molecular flexibility index (Phi) is 5.65. The predicted molar refractivity (Wildman–Crippen MR) is 109 cm³/mol. The number of aliphatic hydroxyl groups is 1. The zero-order valence-electron chi connectivity index (χ0n) is 16.9. The third-order valence-corrected chi connectivity index (χ3v) is 8.28. The van der Waals surface area contributed by atoms with E-state index in [2.05, 4.69) is 33.4 Å². The van der Waals surface area contributed by atoms with Crippen molar-refractivity contribution in [2.24, 2.45) is 17.8 Å². The zero-order chi connectivity index (χ0) is 19.3. The van der Waals surface area contributed by atoms with Crippen LogP contribution < -0.4 is 21.5 Å². The van der Waals surface area contributed by atoms with Crippen molar-refractivity contribution in [2.75, 3.05) is 39.8 Å². The number of alkyl halides is 1. The molecule has 160 valence electrons. The molecule has 28 heavy (non-hydrogen) atoms. The number of fused-ring (bicyclic) bond motifs is 1. The van der Waals surface area contributed by atoms with Gasteiger partial charge in [-0.3, -0.25) is 10.7 Å². The number of rotatable bonds is 3. The van der Waals surface area contributed by atoms with Crippen LogP contribution in [0.2, 0.25) is 0 Å². The molecule has 0 amide bonds. The normalized spacial score (nSPS) is 49.0. The first-order valence-electron chi connectivity index (χ1n) is 11.2. The van der Waals surface area contributed by atoms with Crippen LogP contribution in [0.4, 0.5) is 0 Å². The van der Waals surface area contributed by atoms with E-state index in [9.17, 15) is 5.11 Å². The van der Waals surface area contributed by atoms with Crippen molar-refractivity contribution < 1.29 is 9.84 Å². The number of hydrazine groups is 1. The van der Waals surface area contributed by atoms with Crippen molar-refractivity contribution in [3.8, 4) is 0 Å². The van der Waals surface area contributed by atoms with Crippen molar-refractivity contribution in [2.45, 2.75) is 67.4 Å². The Balaban J connectivity index is 1.23.